The van der Waals surface area contributed by atoms with Gasteiger partial charge in [-0.15, -0.1) is 12.6 Å². The molecular formula is C28H50OS. The Balaban J connectivity index is 2.26. The summed E-state index contributed by atoms with van der Waals surface area (Å²) in [6.45, 7) is 6.74. The quantitative estimate of drug-likeness (QED) is 0.158. The van der Waals surface area contributed by atoms with Crippen molar-refractivity contribution >= 4 is 18.4 Å². The minimum atomic E-state index is 0.226. The van der Waals surface area contributed by atoms with Gasteiger partial charge in [-0.25, -0.2) is 0 Å². The van der Waals surface area contributed by atoms with Gasteiger partial charge in [0.05, 0.1) is 0 Å². The third-order valence-electron chi connectivity index (χ3n) is 6.81. The normalized spacial score (nSPS) is 17.0. The van der Waals surface area contributed by atoms with Gasteiger partial charge < -0.3 is 0 Å². The SMILES string of the molecule is CCCCCCCCCCCCC1=C(C)C(CCCCCCCCC)C(S)=CC1=O. The van der Waals surface area contributed by atoms with E-state index in [0.717, 1.165) is 29.7 Å². The molecule has 30 heavy (non-hydrogen) atoms. The lowest BCUT2D eigenvalue weighted by Gasteiger charge is -2.25. The molecule has 0 radical (unpaired) electrons. The summed E-state index contributed by atoms with van der Waals surface area (Å²) in [7, 11) is 0. The zero-order valence-electron chi connectivity index (χ0n) is 20.4. The highest BCUT2D eigenvalue weighted by Gasteiger charge is 2.25. The molecule has 0 saturated carbocycles. The first-order chi connectivity index (χ1) is 14.6. The van der Waals surface area contributed by atoms with Gasteiger partial charge in [0.2, 0.25) is 0 Å². The van der Waals surface area contributed by atoms with Gasteiger partial charge in [-0.3, -0.25) is 4.79 Å². The van der Waals surface area contributed by atoms with Crippen LogP contribution in [0.1, 0.15) is 143 Å². The summed E-state index contributed by atoms with van der Waals surface area (Å²) in [5.74, 6) is 0.615. The highest BCUT2D eigenvalue weighted by Crippen LogP contribution is 2.36. The zero-order valence-corrected chi connectivity index (χ0v) is 21.3. The molecule has 0 spiro atoms. The van der Waals surface area contributed by atoms with Crippen molar-refractivity contribution in [1.82, 2.24) is 0 Å². The molecule has 0 aliphatic heterocycles. The topological polar surface area (TPSA) is 17.1 Å². The summed E-state index contributed by atoms with van der Waals surface area (Å²) >= 11 is 4.67. The molecule has 0 bridgehead atoms. The minimum Gasteiger partial charge on any atom is -0.290 e. The molecule has 1 rings (SSSR count). The van der Waals surface area contributed by atoms with E-state index in [0.29, 0.717) is 5.92 Å². The average molecular weight is 435 g/mol. The van der Waals surface area contributed by atoms with Gasteiger partial charge in [0, 0.05) is 5.92 Å². The molecule has 1 aliphatic carbocycles. The van der Waals surface area contributed by atoms with E-state index in [9.17, 15) is 4.79 Å². The number of hydrogen-bond donors (Lipinski definition) is 1. The highest BCUT2D eigenvalue weighted by atomic mass is 32.1. The monoisotopic (exact) mass is 434 g/mol. The zero-order chi connectivity index (χ0) is 22.0. The summed E-state index contributed by atoms with van der Waals surface area (Å²) in [6.07, 6.45) is 26.7. The van der Waals surface area contributed by atoms with Crippen LogP contribution in [-0.2, 0) is 4.79 Å². The van der Waals surface area contributed by atoms with Crippen molar-refractivity contribution in [2.24, 2.45) is 5.92 Å². The molecule has 2 heteroatoms. The Labute approximate surface area is 194 Å². The summed E-state index contributed by atoms with van der Waals surface area (Å²) in [5.41, 5.74) is 2.41. The Morgan fingerprint density at radius 2 is 1.13 bits per heavy atom. The summed E-state index contributed by atoms with van der Waals surface area (Å²) in [4.78, 5) is 13.5. The first-order valence-electron chi connectivity index (χ1n) is 13.3. The molecule has 1 atom stereocenters. The lowest BCUT2D eigenvalue weighted by molar-refractivity contribution is -0.111. The van der Waals surface area contributed by atoms with Crippen LogP contribution in [0, 0.1) is 5.92 Å². The van der Waals surface area contributed by atoms with Crippen molar-refractivity contribution in [3.8, 4) is 0 Å². The van der Waals surface area contributed by atoms with E-state index >= 15 is 0 Å². The van der Waals surface area contributed by atoms with Gasteiger partial charge in [-0.05, 0) is 42.7 Å². The fourth-order valence-electron chi connectivity index (χ4n) is 4.73. The second-order valence-electron chi connectivity index (χ2n) is 9.49. The van der Waals surface area contributed by atoms with Gasteiger partial charge in [-0.2, -0.15) is 0 Å². The standard InChI is InChI=1S/C28H50OS/c1-4-6-8-10-12-13-14-16-17-19-21-25-24(3)26(28(30)23-27(25)29)22-20-18-15-11-9-7-5-2/h23,26,30H,4-22H2,1-3H3. The van der Waals surface area contributed by atoms with Gasteiger partial charge >= 0.3 is 0 Å². The molecule has 0 aromatic carbocycles. The van der Waals surface area contributed by atoms with E-state index in [1.54, 1.807) is 0 Å². The maximum Gasteiger partial charge on any atom is 0.182 e. The number of hydrogen-bond acceptors (Lipinski definition) is 2. The van der Waals surface area contributed by atoms with Crippen molar-refractivity contribution in [3.05, 3.63) is 22.1 Å². The number of rotatable bonds is 19. The van der Waals surface area contributed by atoms with Gasteiger partial charge in [-0.1, -0.05) is 122 Å². The molecule has 0 N–H and O–H groups in total. The second kappa shape index (κ2) is 18.1. The molecule has 0 saturated heterocycles. The Kier molecular flexibility index (Phi) is 16.6. The number of thiol groups is 1. The number of allylic oxidation sites excluding steroid dienone is 4. The highest BCUT2D eigenvalue weighted by molar-refractivity contribution is 7.84. The molecule has 0 heterocycles. The fraction of sp³-hybridized carbons (Fsp3) is 0.821. The summed E-state index contributed by atoms with van der Waals surface area (Å²) in [5, 5.41) is 0. The summed E-state index contributed by atoms with van der Waals surface area (Å²) < 4.78 is 0. The predicted molar refractivity (Wildman–Crippen MR) is 137 cm³/mol. The third kappa shape index (κ3) is 11.8. The van der Waals surface area contributed by atoms with E-state index < -0.39 is 0 Å². The Hall–Kier alpha value is -0.500. The van der Waals surface area contributed by atoms with Crippen molar-refractivity contribution in [3.63, 3.8) is 0 Å². The van der Waals surface area contributed by atoms with Crippen LogP contribution in [-0.4, -0.2) is 5.78 Å². The first-order valence-corrected chi connectivity index (χ1v) is 13.7. The summed E-state index contributed by atoms with van der Waals surface area (Å²) in [6, 6.07) is 0. The maximum atomic E-state index is 12.5. The lowest BCUT2D eigenvalue weighted by Crippen LogP contribution is -2.16. The van der Waals surface area contributed by atoms with Crippen LogP contribution in [0.25, 0.3) is 0 Å². The molecular weight excluding hydrogens is 384 g/mol. The van der Waals surface area contributed by atoms with Crippen molar-refractivity contribution in [2.75, 3.05) is 0 Å². The van der Waals surface area contributed by atoms with E-state index in [1.165, 1.54) is 108 Å². The number of carbonyl (C=O) groups is 1. The first kappa shape index (κ1) is 27.5. The van der Waals surface area contributed by atoms with Crippen LogP contribution < -0.4 is 0 Å². The molecule has 1 nitrogen and oxygen atoms in total. The largest absolute Gasteiger partial charge is 0.290 e. The molecule has 1 aliphatic rings. The van der Waals surface area contributed by atoms with Crippen LogP contribution >= 0.6 is 12.6 Å². The van der Waals surface area contributed by atoms with E-state index in [1.807, 2.05) is 6.08 Å². The number of ketones is 1. The van der Waals surface area contributed by atoms with Crippen LogP contribution in [0.4, 0.5) is 0 Å². The predicted octanol–water partition coefficient (Wildman–Crippen LogP) is 9.77. The number of unbranched alkanes of at least 4 members (excludes halogenated alkanes) is 15. The van der Waals surface area contributed by atoms with Gasteiger partial charge in [0.15, 0.2) is 5.78 Å². The van der Waals surface area contributed by atoms with E-state index in [2.05, 4.69) is 33.4 Å². The molecule has 0 aromatic rings. The minimum absolute atomic E-state index is 0.226. The van der Waals surface area contributed by atoms with Crippen molar-refractivity contribution in [1.29, 1.82) is 0 Å². The number of carbonyl (C=O) groups excluding carboxylic acids is 1. The smallest absolute Gasteiger partial charge is 0.182 e. The maximum absolute atomic E-state index is 12.5. The molecule has 1 unspecified atom stereocenters. The van der Waals surface area contributed by atoms with E-state index in [-0.39, 0.29) is 5.78 Å². The van der Waals surface area contributed by atoms with E-state index in [4.69, 9.17) is 0 Å². The van der Waals surface area contributed by atoms with Crippen molar-refractivity contribution < 1.29 is 4.79 Å². The molecule has 0 amide bonds. The Bertz CT molecular complexity index is 517. The van der Waals surface area contributed by atoms with Gasteiger partial charge in [0.25, 0.3) is 0 Å². The Morgan fingerprint density at radius 3 is 1.63 bits per heavy atom. The fourth-order valence-corrected chi connectivity index (χ4v) is 5.17. The molecule has 0 fully saturated rings. The van der Waals surface area contributed by atoms with Crippen LogP contribution in [0.5, 0.6) is 0 Å². The second-order valence-corrected chi connectivity index (χ2v) is 10.0. The van der Waals surface area contributed by atoms with Crippen LogP contribution in [0.3, 0.4) is 0 Å². The average Bonchev–Trinajstić information content (AvgIpc) is 2.72. The van der Waals surface area contributed by atoms with Crippen molar-refractivity contribution in [2.45, 2.75) is 143 Å². The van der Waals surface area contributed by atoms with Gasteiger partial charge in [0.1, 0.15) is 0 Å². The molecule has 0 aromatic heterocycles. The van der Waals surface area contributed by atoms with Crippen LogP contribution in [0.15, 0.2) is 22.1 Å². The lowest BCUT2D eigenvalue weighted by atomic mass is 9.82. The third-order valence-corrected chi connectivity index (χ3v) is 7.25. The van der Waals surface area contributed by atoms with Crippen LogP contribution in [0.2, 0.25) is 0 Å². The Morgan fingerprint density at radius 1 is 0.700 bits per heavy atom. The molecule has 174 valence electrons.